The Kier molecular flexibility index (Phi) is 5.39. The SMILES string of the molecule is O=C(NCc1cccs1)c1ccc2c(c1)CN(Cc1ccccc1)C(=O)CO2. The van der Waals surface area contributed by atoms with Crippen LogP contribution in [0.4, 0.5) is 0 Å². The van der Waals surface area contributed by atoms with Gasteiger partial charge in [0.15, 0.2) is 6.61 Å². The van der Waals surface area contributed by atoms with Gasteiger partial charge in [0.25, 0.3) is 11.8 Å². The molecule has 28 heavy (non-hydrogen) atoms. The molecule has 0 bridgehead atoms. The van der Waals surface area contributed by atoms with Gasteiger partial charge in [-0.25, -0.2) is 0 Å². The number of ether oxygens (including phenoxy) is 1. The average Bonchev–Trinajstić information content (AvgIpc) is 3.19. The fourth-order valence-corrected chi connectivity index (χ4v) is 3.78. The van der Waals surface area contributed by atoms with Crippen molar-refractivity contribution in [3.8, 4) is 5.75 Å². The Morgan fingerprint density at radius 1 is 1.11 bits per heavy atom. The summed E-state index contributed by atoms with van der Waals surface area (Å²) in [5.41, 5.74) is 2.46. The Balaban J connectivity index is 1.50. The second-order valence-electron chi connectivity index (χ2n) is 6.61. The van der Waals surface area contributed by atoms with E-state index in [0.29, 0.717) is 30.9 Å². The van der Waals surface area contributed by atoms with Crippen LogP contribution in [0, 0.1) is 0 Å². The van der Waals surface area contributed by atoms with Crippen LogP contribution in [0.25, 0.3) is 0 Å². The third kappa shape index (κ3) is 4.23. The lowest BCUT2D eigenvalue weighted by atomic mass is 10.1. The molecular weight excluding hydrogens is 372 g/mol. The molecule has 1 aromatic heterocycles. The number of benzene rings is 2. The minimum atomic E-state index is -0.138. The number of carbonyl (C=O) groups is 2. The first-order chi connectivity index (χ1) is 13.7. The van der Waals surface area contributed by atoms with Crippen molar-refractivity contribution >= 4 is 23.2 Å². The summed E-state index contributed by atoms with van der Waals surface area (Å²) in [7, 11) is 0. The highest BCUT2D eigenvalue weighted by Crippen LogP contribution is 2.26. The minimum Gasteiger partial charge on any atom is -0.483 e. The summed E-state index contributed by atoms with van der Waals surface area (Å²) in [5, 5.41) is 4.92. The first-order valence-corrected chi connectivity index (χ1v) is 9.95. The van der Waals surface area contributed by atoms with E-state index in [-0.39, 0.29) is 18.4 Å². The van der Waals surface area contributed by atoms with Gasteiger partial charge in [0, 0.05) is 29.1 Å². The van der Waals surface area contributed by atoms with Crippen LogP contribution in [0.3, 0.4) is 0 Å². The van der Waals surface area contributed by atoms with Crippen LogP contribution in [0.5, 0.6) is 5.75 Å². The molecule has 2 heterocycles. The Labute approximate surface area is 167 Å². The number of hydrogen-bond acceptors (Lipinski definition) is 4. The topological polar surface area (TPSA) is 58.6 Å². The van der Waals surface area contributed by atoms with Crippen molar-refractivity contribution in [1.82, 2.24) is 10.2 Å². The summed E-state index contributed by atoms with van der Waals surface area (Å²) in [5.74, 6) is 0.448. The molecule has 1 N–H and O–H groups in total. The third-order valence-electron chi connectivity index (χ3n) is 4.61. The quantitative estimate of drug-likeness (QED) is 0.722. The van der Waals surface area contributed by atoms with Crippen LogP contribution in [0.2, 0.25) is 0 Å². The molecule has 6 heteroatoms. The number of thiophene rings is 1. The number of nitrogens with zero attached hydrogens (tertiary/aromatic N) is 1. The highest BCUT2D eigenvalue weighted by molar-refractivity contribution is 7.09. The van der Waals surface area contributed by atoms with Crippen molar-refractivity contribution in [2.24, 2.45) is 0 Å². The molecular formula is C22H20N2O3S. The van der Waals surface area contributed by atoms with Gasteiger partial charge in [-0.15, -0.1) is 11.3 Å². The van der Waals surface area contributed by atoms with Crippen molar-refractivity contribution in [1.29, 1.82) is 0 Å². The highest BCUT2D eigenvalue weighted by atomic mass is 32.1. The second-order valence-corrected chi connectivity index (χ2v) is 7.64. The molecule has 1 aliphatic rings. The fourth-order valence-electron chi connectivity index (χ4n) is 3.14. The molecule has 0 unspecified atom stereocenters. The number of nitrogens with one attached hydrogen (secondary N) is 1. The zero-order valence-corrected chi connectivity index (χ0v) is 16.1. The molecule has 3 aromatic rings. The number of fused-ring (bicyclic) bond motifs is 1. The highest BCUT2D eigenvalue weighted by Gasteiger charge is 2.22. The van der Waals surface area contributed by atoms with Gasteiger partial charge in [-0.1, -0.05) is 36.4 Å². The monoisotopic (exact) mass is 392 g/mol. The van der Waals surface area contributed by atoms with Crippen molar-refractivity contribution in [2.45, 2.75) is 19.6 Å². The second kappa shape index (κ2) is 8.27. The predicted octanol–water partition coefficient (Wildman–Crippen LogP) is 3.60. The molecule has 2 aromatic carbocycles. The van der Waals surface area contributed by atoms with Crippen molar-refractivity contribution < 1.29 is 14.3 Å². The number of amides is 2. The zero-order chi connectivity index (χ0) is 19.3. The van der Waals surface area contributed by atoms with Crippen molar-refractivity contribution in [2.75, 3.05) is 6.61 Å². The Morgan fingerprint density at radius 2 is 1.96 bits per heavy atom. The molecule has 0 aliphatic carbocycles. The summed E-state index contributed by atoms with van der Waals surface area (Å²) < 4.78 is 5.66. The first kappa shape index (κ1) is 18.3. The molecule has 142 valence electrons. The lowest BCUT2D eigenvalue weighted by molar-refractivity contribution is -0.133. The molecule has 4 rings (SSSR count). The molecule has 0 fully saturated rings. The molecule has 0 saturated heterocycles. The van der Waals surface area contributed by atoms with E-state index >= 15 is 0 Å². The molecule has 2 amide bonds. The molecule has 0 radical (unpaired) electrons. The standard InChI is InChI=1S/C22H20N2O3S/c25-21-15-27-20-9-8-17(22(26)23-12-19-7-4-10-28-19)11-18(20)14-24(21)13-16-5-2-1-3-6-16/h1-11H,12-15H2,(H,23,26). The molecule has 1 aliphatic heterocycles. The van der Waals surface area contributed by atoms with E-state index in [9.17, 15) is 9.59 Å². The van der Waals surface area contributed by atoms with Gasteiger partial charge in [0.1, 0.15) is 5.75 Å². The zero-order valence-electron chi connectivity index (χ0n) is 15.3. The summed E-state index contributed by atoms with van der Waals surface area (Å²) in [6.07, 6.45) is 0. The van der Waals surface area contributed by atoms with Gasteiger partial charge in [0.2, 0.25) is 0 Å². The van der Waals surface area contributed by atoms with E-state index in [1.165, 1.54) is 0 Å². The van der Waals surface area contributed by atoms with Gasteiger partial charge in [0.05, 0.1) is 6.54 Å². The lowest BCUT2D eigenvalue weighted by Gasteiger charge is -2.20. The summed E-state index contributed by atoms with van der Waals surface area (Å²) in [6.45, 7) is 1.43. The van der Waals surface area contributed by atoms with Gasteiger partial charge in [-0.05, 0) is 35.2 Å². The Morgan fingerprint density at radius 3 is 2.75 bits per heavy atom. The smallest absolute Gasteiger partial charge is 0.261 e. The van der Waals surface area contributed by atoms with Crippen LogP contribution in [0.1, 0.15) is 26.4 Å². The maximum absolute atomic E-state index is 12.5. The van der Waals surface area contributed by atoms with Crippen molar-refractivity contribution in [3.63, 3.8) is 0 Å². The minimum absolute atomic E-state index is 0.00372. The van der Waals surface area contributed by atoms with Crippen LogP contribution in [-0.4, -0.2) is 23.3 Å². The molecule has 0 atom stereocenters. The maximum Gasteiger partial charge on any atom is 0.261 e. The maximum atomic E-state index is 12.5. The lowest BCUT2D eigenvalue weighted by Crippen LogP contribution is -2.31. The van der Waals surface area contributed by atoms with E-state index in [0.717, 1.165) is 16.0 Å². The van der Waals surface area contributed by atoms with Crippen LogP contribution in [0.15, 0.2) is 66.0 Å². The number of hydrogen-bond donors (Lipinski definition) is 1. The average molecular weight is 392 g/mol. The van der Waals surface area contributed by atoms with E-state index in [1.807, 2.05) is 53.9 Å². The summed E-state index contributed by atoms with van der Waals surface area (Å²) in [4.78, 5) is 27.8. The fraction of sp³-hybridized carbons (Fsp3) is 0.182. The normalized spacial score (nSPS) is 13.4. The van der Waals surface area contributed by atoms with Crippen LogP contribution < -0.4 is 10.1 Å². The first-order valence-electron chi connectivity index (χ1n) is 9.07. The molecule has 0 spiro atoms. The van der Waals surface area contributed by atoms with E-state index in [2.05, 4.69) is 5.32 Å². The number of rotatable bonds is 5. The van der Waals surface area contributed by atoms with Gasteiger partial charge in [-0.3, -0.25) is 9.59 Å². The number of carbonyl (C=O) groups excluding carboxylic acids is 2. The van der Waals surface area contributed by atoms with E-state index < -0.39 is 0 Å². The van der Waals surface area contributed by atoms with E-state index in [4.69, 9.17) is 4.74 Å². The van der Waals surface area contributed by atoms with Gasteiger partial charge in [-0.2, -0.15) is 0 Å². The summed E-state index contributed by atoms with van der Waals surface area (Å²) in [6, 6.07) is 19.1. The van der Waals surface area contributed by atoms with E-state index in [1.54, 1.807) is 28.4 Å². The molecule has 5 nitrogen and oxygen atoms in total. The largest absolute Gasteiger partial charge is 0.483 e. The Bertz CT molecular complexity index is 971. The van der Waals surface area contributed by atoms with Gasteiger partial charge >= 0.3 is 0 Å². The van der Waals surface area contributed by atoms with Gasteiger partial charge < -0.3 is 15.0 Å². The predicted molar refractivity (Wildman–Crippen MR) is 108 cm³/mol. The Hall–Kier alpha value is -3.12. The summed E-state index contributed by atoms with van der Waals surface area (Å²) >= 11 is 1.61. The van der Waals surface area contributed by atoms with Crippen LogP contribution >= 0.6 is 11.3 Å². The van der Waals surface area contributed by atoms with Crippen LogP contribution in [-0.2, 0) is 24.4 Å². The molecule has 0 saturated carbocycles. The third-order valence-corrected chi connectivity index (χ3v) is 5.48. The van der Waals surface area contributed by atoms with Crippen molar-refractivity contribution in [3.05, 3.63) is 87.6 Å².